The highest BCUT2D eigenvalue weighted by Crippen LogP contribution is 2.18. The van der Waals surface area contributed by atoms with Crippen LogP contribution in [0.4, 0.5) is 9.59 Å². The lowest BCUT2D eigenvalue weighted by Gasteiger charge is -2.30. The Morgan fingerprint density at radius 1 is 0.947 bits per heavy atom. The molecule has 0 N–H and O–H groups in total. The lowest BCUT2D eigenvalue weighted by Crippen LogP contribution is -2.42. The molecular weight excluding hydrogens is 248 g/mol. The summed E-state index contributed by atoms with van der Waals surface area (Å²) < 4.78 is 10.8. The number of ether oxygens (including phenoxy) is 2. The first-order valence-electron chi connectivity index (χ1n) is 6.46. The van der Waals surface area contributed by atoms with Crippen molar-refractivity contribution in [1.29, 1.82) is 0 Å². The minimum Gasteiger partial charge on any atom is -0.442 e. The Kier molecular flexibility index (Phi) is 7.26. The summed E-state index contributed by atoms with van der Waals surface area (Å²) in [4.78, 5) is 26.0. The second kappa shape index (κ2) is 7.86. The Hall–Kier alpha value is -1.46. The highest BCUT2D eigenvalue weighted by molar-refractivity contribution is 5.68. The molecule has 2 unspecified atom stereocenters. The Balaban J connectivity index is 4.82. The van der Waals surface area contributed by atoms with Crippen molar-refractivity contribution in [3.63, 3.8) is 0 Å². The molecular formula is C13H26N2O4. The SMILES string of the molecule is CCC(OC(=O)N(C)C)C(OC(=O)N(C)C)C(C)C. The van der Waals surface area contributed by atoms with Crippen LogP contribution in [0.5, 0.6) is 0 Å². The maximum absolute atomic E-state index is 11.7. The van der Waals surface area contributed by atoms with Crippen molar-refractivity contribution in [3.05, 3.63) is 0 Å². The van der Waals surface area contributed by atoms with E-state index in [0.717, 1.165) is 0 Å². The minimum absolute atomic E-state index is 0.0591. The van der Waals surface area contributed by atoms with Crippen LogP contribution in [-0.2, 0) is 9.47 Å². The molecule has 0 radical (unpaired) electrons. The predicted octanol–water partition coefficient (Wildman–Crippen LogP) is 2.19. The summed E-state index contributed by atoms with van der Waals surface area (Å²) in [5.74, 6) is 0.0591. The third kappa shape index (κ3) is 5.81. The van der Waals surface area contributed by atoms with Crippen LogP contribution < -0.4 is 0 Å². The molecule has 0 aromatic carbocycles. The van der Waals surface area contributed by atoms with E-state index in [2.05, 4.69) is 0 Å². The quantitative estimate of drug-likeness (QED) is 0.771. The fourth-order valence-corrected chi connectivity index (χ4v) is 1.48. The summed E-state index contributed by atoms with van der Waals surface area (Å²) in [7, 11) is 6.47. The third-order valence-electron chi connectivity index (χ3n) is 2.65. The van der Waals surface area contributed by atoms with Gasteiger partial charge in [0.25, 0.3) is 0 Å². The molecule has 0 aromatic rings. The largest absolute Gasteiger partial charge is 0.442 e. The van der Waals surface area contributed by atoms with E-state index < -0.39 is 24.4 Å². The Labute approximate surface area is 115 Å². The fraction of sp³-hybridized carbons (Fsp3) is 0.846. The van der Waals surface area contributed by atoms with Crippen molar-refractivity contribution in [2.75, 3.05) is 28.2 Å². The summed E-state index contributed by atoms with van der Waals surface area (Å²) in [6, 6.07) is 0. The van der Waals surface area contributed by atoms with Crippen LogP contribution in [0.25, 0.3) is 0 Å². The second-order valence-electron chi connectivity index (χ2n) is 5.21. The van der Waals surface area contributed by atoms with E-state index in [4.69, 9.17) is 9.47 Å². The van der Waals surface area contributed by atoms with Gasteiger partial charge in [0, 0.05) is 28.2 Å². The van der Waals surface area contributed by atoms with Gasteiger partial charge in [-0.25, -0.2) is 9.59 Å². The second-order valence-corrected chi connectivity index (χ2v) is 5.21. The van der Waals surface area contributed by atoms with E-state index >= 15 is 0 Å². The van der Waals surface area contributed by atoms with E-state index in [9.17, 15) is 9.59 Å². The molecule has 0 spiro atoms. The average Bonchev–Trinajstić information content (AvgIpc) is 2.31. The maximum Gasteiger partial charge on any atom is 0.409 e. The van der Waals surface area contributed by atoms with Crippen LogP contribution in [-0.4, -0.2) is 62.4 Å². The van der Waals surface area contributed by atoms with Gasteiger partial charge in [0.05, 0.1) is 0 Å². The summed E-state index contributed by atoms with van der Waals surface area (Å²) >= 11 is 0. The Morgan fingerprint density at radius 3 is 1.68 bits per heavy atom. The molecule has 0 saturated carbocycles. The van der Waals surface area contributed by atoms with Gasteiger partial charge in [0.1, 0.15) is 12.2 Å². The van der Waals surface area contributed by atoms with Crippen molar-refractivity contribution in [1.82, 2.24) is 9.80 Å². The van der Waals surface area contributed by atoms with Gasteiger partial charge < -0.3 is 19.3 Å². The first kappa shape index (κ1) is 17.5. The van der Waals surface area contributed by atoms with Crippen molar-refractivity contribution >= 4 is 12.2 Å². The average molecular weight is 274 g/mol. The molecule has 2 amide bonds. The van der Waals surface area contributed by atoms with Gasteiger partial charge in [-0.15, -0.1) is 0 Å². The number of hydrogen-bond donors (Lipinski definition) is 0. The minimum atomic E-state index is -0.455. The molecule has 0 bridgehead atoms. The number of amides is 2. The van der Waals surface area contributed by atoms with Crippen LogP contribution >= 0.6 is 0 Å². The van der Waals surface area contributed by atoms with Crippen molar-refractivity contribution in [2.45, 2.75) is 39.4 Å². The Bertz CT molecular complexity index is 303. The summed E-state index contributed by atoms with van der Waals surface area (Å²) in [5.41, 5.74) is 0. The van der Waals surface area contributed by atoms with Crippen LogP contribution in [0.3, 0.4) is 0 Å². The molecule has 0 aromatic heterocycles. The molecule has 19 heavy (non-hydrogen) atoms. The van der Waals surface area contributed by atoms with Crippen molar-refractivity contribution < 1.29 is 19.1 Å². The first-order chi connectivity index (χ1) is 8.70. The van der Waals surface area contributed by atoms with E-state index in [0.29, 0.717) is 6.42 Å². The molecule has 0 aliphatic heterocycles. The molecule has 0 saturated heterocycles. The van der Waals surface area contributed by atoms with Gasteiger partial charge in [-0.2, -0.15) is 0 Å². The maximum atomic E-state index is 11.7. The van der Waals surface area contributed by atoms with E-state index in [1.807, 2.05) is 20.8 Å². The van der Waals surface area contributed by atoms with Gasteiger partial charge in [0.15, 0.2) is 0 Å². The van der Waals surface area contributed by atoms with Crippen LogP contribution in [0.2, 0.25) is 0 Å². The van der Waals surface area contributed by atoms with Crippen LogP contribution in [0.1, 0.15) is 27.2 Å². The highest BCUT2D eigenvalue weighted by atomic mass is 16.6. The molecule has 0 aliphatic rings. The van der Waals surface area contributed by atoms with Gasteiger partial charge in [-0.1, -0.05) is 20.8 Å². The zero-order valence-electron chi connectivity index (χ0n) is 13.0. The van der Waals surface area contributed by atoms with E-state index in [1.54, 1.807) is 28.2 Å². The van der Waals surface area contributed by atoms with Crippen LogP contribution in [0.15, 0.2) is 0 Å². The zero-order chi connectivity index (χ0) is 15.2. The number of nitrogens with zero attached hydrogens (tertiary/aromatic N) is 2. The molecule has 0 aliphatic carbocycles. The van der Waals surface area contributed by atoms with Crippen molar-refractivity contribution in [2.24, 2.45) is 5.92 Å². The molecule has 0 heterocycles. The number of carbonyl (C=O) groups is 2. The Morgan fingerprint density at radius 2 is 1.37 bits per heavy atom. The smallest absolute Gasteiger partial charge is 0.409 e. The molecule has 6 heteroatoms. The molecule has 112 valence electrons. The van der Waals surface area contributed by atoms with E-state index in [1.165, 1.54) is 9.80 Å². The zero-order valence-corrected chi connectivity index (χ0v) is 13.0. The number of rotatable bonds is 5. The summed E-state index contributed by atoms with van der Waals surface area (Å²) in [6.07, 6.45) is -1.18. The topological polar surface area (TPSA) is 59.1 Å². The lowest BCUT2D eigenvalue weighted by molar-refractivity contribution is -0.0443. The molecule has 6 nitrogen and oxygen atoms in total. The van der Waals surface area contributed by atoms with Gasteiger partial charge in [-0.05, 0) is 12.3 Å². The number of hydrogen-bond acceptors (Lipinski definition) is 4. The third-order valence-corrected chi connectivity index (χ3v) is 2.65. The highest BCUT2D eigenvalue weighted by Gasteiger charge is 2.31. The molecule has 0 rings (SSSR count). The van der Waals surface area contributed by atoms with E-state index in [-0.39, 0.29) is 5.92 Å². The molecule has 0 fully saturated rings. The van der Waals surface area contributed by atoms with Gasteiger partial charge in [0.2, 0.25) is 0 Å². The van der Waals surface area contributed by atoms with Crippen molar-refractivity contribution in [3.8, 4) is 0 Å². The van der Waals surface area contributed by atoms with Gasteiger partial charge in [-0.3, -0.25) is 0 Å². The normalized spacial score (nSPS) is 13.7. The standard InChI is InChI=1S/C13H26N2O4/c1-8-10(18-12(16)14(4)5)11(9(2)3)19-13(17)15(6)7/h9-11H,8H2,1-7H3. The van der Waals surface area contributed by atoms with Crippen LogP contribution in [0, 0.1) is 5.92 Å². The van der Waals surface area contributed by atoms with Gasteiger partial charge >= 0.3 is 12.2 Å². The lowest BCUT2D eigenvalue weighted by atomic mass is 10.00. The molecule has 2 atom stereocenters. The number of carbonyl (C=O) groups excluding carboxylic acids is 2. The fourth-order valence-electron chi connectivity index (χ4n) is 1.48. The predicted molar refractivity (Wildman–Crippen MR) is 73.0 cm³/mol. The monoisotopic (exact) mass is 274 g/mol. The summed E-state index contributed by atoms with van der Waals surface area (Å²) in [6.45, 7) is 5.76. The first-order valence-corrected chi connectivity index (χ1v) is 6.46. The summed E-state index contributed by atoms with van der Waals surface area (Å²) in [5, 5.41) is 0.